The van der Waals surface area contributed by atoms with Gasteiger partial charge in [-0.2, -0.15) is 0 Å². The molecule has 3 nitrogen and oxygen atoms in total. The first-order valence-corrected chi connectivity index (χ1v) is 5.69. The summed E-state index contributed by atoms with van der Waals surface area (Å²) in [5, 5.41) is 2.89. The molecule has 0 spiro atoms. The van der Waals surface area contributed by atoms with Crippen LogP contribution in [0.5, 0.6) is 0 Å². The Labute approximate surface area is 86.9 Å². The fourth-order valence-corrected chi connectivity index (χ4v) is 1.94. The number of nitrogens with zero attached hydrogens (tertiary/aromatic N) is 1. The second-order valence-electron chi connectivity index (χ2n) is 4.38. The van der Waals surface area contributed by atoms with E-state index < -0.39 is 0 Å². The quantitative estimate of drug-likeness (QED) is 0.738. The molecule has 3 heteroatoms. The van der Waals surface area contributed by atoms with Crippen molar-refractivity contribution in [3.05, 3.63) is 0 Å². The average molecular weight is 198 g/mol. The minimum Gasteiger partial charge on any atom is -0.338 e. The van der Waals surface area contributed by atoms with Gasteiger partial charge in [0, 0.05) is 19.1 Å². The van der Waals surface area contributed by atoms with Gasteiger partial charge in [0.25, 0.3) is 0 Å². The van der Waals surface area contributed by atoms with Crippen LogP contribution < -0.4 is 5.32 Å². The lowest BCUT2D eigenvalue weighted by Crippen LogP contribution is -2.50. The molecule has 0 radical (unpaired) electrons. The highest BCUT2D eigenvalue weighted by Gasteiger charge is 2.23. The summed E-state index contributed by atoms with van der Waals surface area (Å²) in [7, 11) is 0. The first kappa shape index (κ1) is 11.3. The van der Waals surface area contributed by atoms with Crippen LogP contribution in [-0.4, -0.2) is 30.1 Å². The van der Waals surface area contributed by atoms with Crippen LogP contribution in [-0.2, 0) is 0 Å². The second kappa shape index (κ2) is 5.23. The summed E-state index contributed by atoms with van der Waals surface area (Å²) in [6, 6.07) is 0.498. The molecule has 1 rings (SSSR count). The van der Waals surface area contributed by atoms with Gasteiger partial charge in [-0.1, -0.05) is 20.3 Å². The zero-order valence-electron chi connectivity index (χ0n) is 9.55. The summed E-state index contributed by atoms with van der Waals surface area (Å²) in [5.74, 6) is 0.708. The van der Waals surface area contributed by atoms with E-state index in [2.05, 4.69) is 26.1 Å². The first-order valence-electron chi connectivity index (χ1n) is 5.69. The highest BCUT2D eigenvalue weighted by Crippen LogP contribution is 2.16. The summed E-state index contributed by atoms with van der Waals surface area (Å²) >= 11 is 0. The number of carbonyl (C=O) groups excluding carboxylic acids is 1. The van der Waals surface area contributed by atoms with E-state index in [1.165, 1.54) is 6.42 Å². The lowest BCUT2D eigenvalue weighted by atomic mass is 9.99. The number of hydrogen-bond acceptors (Lipinski definition) is 1. The van der Waals surface area contributed by atoms with Gasteiger partial charge < -0.3 is 10.2 Å². The molecule has 2 atom stereocenters. The number of hydrogen-bond donors (Lipinski definition) is 1. The van der Waals surface area contributed by atoms with Gasteiger partial charge in [-0.15, -0.1) is 0 Å². The van der Waals surface area contributed by atoms with E-state index in [-0.39, 0.29) is 6.03 Å². The summed E-state index contributed by atoms with van der Waals surface area (Å²) in [6.45, 7) is 8.36. The zero-order valence-corrected chi connectivity index (χ0v) is 9.55. The molecule has 1 heterocycles. The van der Waals surface area contributed by atoms with Gasteiger partial charge in [0.2, 0.25) is 0 Å². The largest absolute Gasteiger partial charge is 0.338 e. The SMILES string of the molecule is CCC(C)CC(C)N1CCCNC1=O. The maximum Gasteiger partial charge on any atom is 0.317 e. The Morgan fingerprint density at radius 3 is 2.79 bits per heavy atom. The van der Waals surface area contributed by atoms with Crippen LogP contribution in [0.25, 0.3) is 0 Å². The Balaban J connectivity index is 2.41. The Bertz CT molecular complexity index is 194. The molecule has 0 bridgehead atoms. The van der Waals surface area contributed by atoms with Crippen LogP contribution in [0, 0.1) is 5.92 Å². The third-order valence-corrected chi connectivity index (χ3v) is 3.09. The average Bonchev–Trinajstić information content (AvgIpc) is 2.18. The molecule has 0 aliphatic carbocycles. The molecule has 0 aromatic carbocycles. The predicted octanol–water partition coefficient (Wildman–Crippen LogP) is 2.23. The van der Waals surface area contributed by atoms with Crippen molar-refractivity contribution < 1.29 is 4.79 Å². The Morgan fingerprint density at radius 1 is 1.50 bits per heavy atom. The molecule has 82 valence electrons. The smallest absolute Gasteiger partial charge is 0.317 e. The van der Waals surface area contributed by atoms with Crippen molar-refractivity contribution in [3.8, 4) is 0 Å². The molecule has 1 saturated heterocycles. The van der Waals surface area contributed by atoms with Crippen LogP contribution in [0.15, 0.2) is 0 Å². The Hall–Kier alpha value is -0.730. The van der Waals surface area contributed by atoms with Crippen LogP contribution in [0.1, 0.15) is 40.0 Å². The van der Waals surface area contributed by atoms with E-state index in [0.717, 1.165) is 25.9 Å². The normalized spacial score (nSPS) is 21.6. The van der Waals surface area contributed by atoms with Gasteiger partial charge in [0.15, 0.2) is 0 Å². The number of nitrogens with one attached hydrogen (secondary N) is 1. The summed E-state index contributed by atoms with van der Waals surface area (Å²) in [6.07, 6.45) is 3.39. The molecule has 0 aromatic rings. The molecule has 0 aromatic heterocycles. The van der Waals surface area contributed by atoms with Crippen LogP contribution >= 0.6 is 0 Å². The van der Waals surface area contributed by atoms with E-state index in [1.54, 1.807) is 0 Å². The number of carbonyl (C=O) groups is 1. The number of amides is 2. The highest BCUT2D eigenvalue weighted by atomic mass is 16.2. The van der Waals surface area contributed by atoms with Crippen molar-refractivity contribution in [1.82, 2.24) is 10.2 Å². The maximum atomic E-state index is 11.5. The van der Waals surface area contributed by atoms with Crippen molar-refractivity contribution in [3.63, 3.8) is 0 Å². The summed E-state index contributed by atoms with van der Waals surface area (Å²) < 4.78 is 0. The Kier molecular flexibility index (Phi) is 4.23. The fraction of sp³-hybridized carbons (Fsp3) is 0.909. The van der Waals surface area contributed by atoms with Crippen molar-refractivity contribution in [2.24, 2.45) is 5.92 Å². The molecule has 0 saturated carbocycles. The molecule has 2 amide bonds. The van der Waals surface area contributed by atoms with E-state index in [4.69, 9.17) is 0 Å². The molecular formula is C11H22N2O. The molecule has 1 aliphatic rings. The minimum atomic E-state index is 0.118. The molecule has 1 N–H and O–H groups in total. The molecule has 14 heavy (non-hydrogen) atoms. The van der Waals surface area contributed by atoms with Gasteiger partial charge in [-0.25, -0.2) is 4.79 Å². The van der Waals surface area contributed by atoms with E-state index in [1.807, 2.05) is 4.90 Å². The summed E-state index contributed by atoms with van der Waals surface area (Å²) in [5.41, 5.74) is 0. The van der Waals surface area contributed by atoms with Crippen molar-refractivity contribution in [1.29, 1.82) is 0 Å². The highest BCUT2D eigenvalue weighted by molar-refractivity contribution is 5.75. The zero-order chi connectivity index (χ0) is 10.6. The molecule has 2 unspecified atom stereocenters. The third-order valence-electron chi connectivity index (χ3n) is 3.09. The van der Waals surface area contributed by atoms with Gasteiger partial charge in [-0.3, -0.25) is 0 Å². The molecule has 1 aliphatic heterocycles. The van der Waals surface area contributed by atoms with Crippen molar-refractivity contribution >= 4 is 6.03 Å². The van der Waals surface area contributed by atoms with Crippen molar-refractivity contribution in [2.75, 3.05) is 13.1 Å². The number of urea groups is 1. The monoisotopic (exact) mass is 198 g/mol. The lowest BCUT2D eigenvalue weighted by molar-refractivity contribution is 0.156. The van der Waals surface area contributed by atoms with E-state index in [0.29, 0.717) is 12.0 Å². The van der Waals surface area contributed by atoms with Crippen LogP contribution in [0.2, 0.25) is 0 Å². The van der Waals surface area contributed by atoms with Crippen LogP contribution in [0.4, 0.5) is 4.79 Å². The second-order valence-corrected chi connectivity index (χ2v) is 4.38. The topological polar surface area (TPSA) is 32.3 Å². The van der Waals surface area contributed by atoms with Gasteiger partial charge in [0.1, 0.15) is 0 Å². The van der Waals surface area contributed by atoms with E-state index in [9.17, 15) is 4.79 Å². The first-order chi connectivity index (χ1) is 6.65. The lowest BCUT2D eigenvalue weighted by Gasteiger charge is -2.34. The van der Waals surface area contributed by atoms with Gasteiger partial charge in [-0.05, 0) is 25.7 Å². The standard InChI is InChI=1S/C11H22N2O/c1-4-9(2)8-10(3)13-7-5-6-12-11(13)14/h9-10H,4-8H2,1-3H3,(H,12,14). The summed E-state index contributed by atoms with van der Waals surface area (Å²) in [4.78, 5) is 13.5. The maximum absolute atomic E-state index is 11.5. The number of rotatable bonds is 4. The predicted molar refractivity (Wildman–Crippen MR) is 58.3 cm³/mol. The molecule has 1 fully saturated rings. The minimum absolute atomic E-state index is 0.118. The van der Waals surface area contributed by atoms with Gasteiger partial charge >= 0.3 is 6.03 Å². The Morgan fingerprint density at radius 2 is 2.21 bits per heavy atom. The molecular weight excluding hydrogens is 176 g/mol. The van der Waals surface area contributed by atoms with Crippen LogP contribution in [0.3, 0.4) is 0 Å². The van der Waals surface area contributed by atoms with E-state index >= 15 is 0 Å². The van der Waals surface area contributed by atoms with Gasteiger partial charge in [0.05, 0.1) is 0 Å². The fourth-order valence-electron chi connectivity index (χ4n) is 1.94. The third kappa shape index (κ3) is 2.89. The van der Waals surface area contributed by atoms with Crippen molar-refractivity contribution in [2.45, 2.75) is 46.1 Å².